The number of aromatic nitrogens is 4. The molecule has 2 aliphatic rings. The highest BCUT2D eigenvalue weighted by Crippen LogP contribution is 2.29. The van der Waals surface area contributed by atoms with E-state index in [0.29, 0.717) is 17.7 Å². The van der Waals surface area contributed by atoms with Crippen LogP contribution in [0, 0.1) is 5.92 Å². The van der Waals surface area contributed by atoms with Gasteiger partial charge in [0.25, 0.3) is 5.91 Å². The Kier molecular flexibility index (Phi) is 6.28. The normalized spacial score (nSPS) is 20.3. The number of piperazine rings is 1. The van der Waals surface area contributed by atoms with E-state index in [1.165, 1.54) is 37.0 Å². The van der Waals surface area contributed by atoms with E-state index >= 15 is 0 Å². The monoisotopic (exact) mass is 401 g/mol. The van der Waals surface area contributed by atoms with Gasteiger partial charge in [0, 0.05) is 6.42 Å². The topological polar surface area (TPSA) is 81.5 Å². The summed E-state index contributed by atoms with van der Waals surface area (Å²) in [6, 6.07) is 4.21. The van der Waals surface area contributed by atoms with E-state index in [-0.39, 0.29) is 11.9 Å². The number of hydrogen-bond acceptors (Lipinski definition) is 5. The molecule has 0 radical (unpaired) electrons. The highest BCUT2D eigenvalue weighted by Gasteiger charge is 2.36. The van der Waals surface area contributed by atoms with E-state index in [0.717, 1.165) is 38.4 Å². The minimum atomic E-state index is -0.0125. The molecule has 1 aliphatic carbocycles. The second-order valence-electron chi connectivity index (χ2n) is 8.88. The fourth-order valence-electron chi connectivity index (χ4n) is 4.84. The van der Waals surface area contributed by atoms with Gasteiger partial charge in [-0.15, -0.1) is 5.10 Å². The second kappa shape index (κ2) is 9.07. The molecule has 0 spiro atoms. The minimum Gasteiger partial charge on any atom is -0.459 e. The number of amides is 1. The third kappa shape index (κ3) is 4.52. The lowest BCUT2D eigenvalue weighted by Crippen LogP contribution is -3.15. The Morgan fingerprint density at radius 3 is 2.66 bits per heavy atom. The quantitative estimate of drug-likeness (QED) is 0.800. The van der Waals surface area contributed by atoms with E-state index in [1.807, 2.05) is 4.90 Å². The second-order valence-corrected chi connectivity index (χ2v) is 8.88. The fourth-order valence-corrected chi connectivity index (χ4v) is 4.84. The molecule has 1 N–H and O–H groups in total. The molecule has 0 bridgehead atoms. The first kappa shape index (κ1) is 20.1. The largest absolute Gasteiger partial charge is 0.459 e. The highest BCUT2D eigenvalue weighted by atomic mass is 16.3. The number of carbonyl (C=O) groups is 1. The molecule has 1 saturated heterocycles. The van der Waals surface area contributed by atoms with Crippen molar-refractivity contribution >= 4 is 5.91 Å². The molecule has 8 heteroatoms. The van der Waals surface area contributed by atoms with Crippen LogP contribution in [0.25, 0.3) is 0 Å². The van der Waals surface area contributed by atoms with Gasteiger partial charge in [-0.3, -0.25) is 4.79 Å². The van der Waals surface area contributed by atoms with Crippen molar-refractivity contribution in [3.05, 3.63) is 30.0 Å². The van der Waals surface area contributed by atoms with Crippen molar-refractivity contribution in [2.45, 2.75) is 64.5 Å². The molecule has 1 aliphatic heterocycles. The van der Waals surface area contributed by atoms with E-state index in [9.17, 15) is 4.79 Å². The molecule has 2 aromatic heterocycles. The smallest absolute Gasteiger partial charge is 0.289 e. The maximum Gasteiger partial charge on any atom is 0.289 e. The van der Waals surface area contributed by atoms with Crippen LogP contribution in [0.15, 0.2) is 22.8 Å². The molecule has 1 amide bonds. The van der Waals surface area contributed by atoms with Gasteiger partial charge in [-0.05, 0) is 41.3 Å². The molecule has 0 aromatic carbocycles. The first-order chi connectivity index (χ1) is 14.1. The lowest BCUT2D eigenvalue weighted by Gasteiger charge is -2.36. The number of quaternary nitrogens is 1. The summed E-state index contributed by atoms with van der Waals surface area (Å²) in [6.45, 7) is 7.79. The lowest BCUT2D eigenvalue weighted by atomic mass is 9.94. The van der Waals surface area contributed by atoms with Gasteiger partial charge in [0.05, 0.1) is 38.5 Å². The first-order valence-electron chi connectivity index (χ1n) is 11.1. The zero-order valence-electron chi connectivity index (χ0n) is 17.6. The van der Waals surface area contributed by atoms with Crippen LogP contribution in [0.2, 0.25) is 0 Å². The van der Waals surface area contributed by atoms with Gasteiger partial charge in [-0.1, -0.05) is 33.1 Å². The number of hydrogen-bond donors (Lipinski definition) is 1. The molecular weight excluding hydrogens is 368 g/mol. The zero-order valence-corrected chi connectivity index (χ0v) is 17.6. The predicted molar refractivity (Wildman–Crippen MR) is 107 cm³/mol. The van der Waals surface area contributed by atoms with Gasteiger partial charge in [0.2, 0.25) is 5.82 Å². The average molecular weight is 402 g/mol. The summed E-state index contributed by atoms with van der Waals surface area (Å²) in [7, 11) is 0. The van der Waals surface area contributed by atoms with Gasteiger partial charge in [-0.2, -0.15) is 0 Å². The van der Waals surface area contributed by atoms with E-state index in [4.69, 9.17) is 4.42 Å². The van der Waals surface area contributed by atoms with Crippen molar-refractivity contribution < 1.29 is 14.1 Å². The van der Waals surface area contributed by atoms with Crippen LogP contribution in [0.4, 0.5) is 0 Å². The number of nitrogens with zero attached hydrogens (tertiary/aromatic N) is 5. The van der Waals surface area contributed by atoms with Gasteiger partial charge < -0.3 is 14.2 Å². The molecule has 3 heterocycles. The molecule has 1 saturated carbocycles. The van der Waals surface area contributed by atoms with Gasteiger partial charge in [0.15, 0.2) is 5.76 Å². The van der Waals surface area contributed by atoms with Crippen LogP contribution >= 0.6 is 0 Å². The summed E-state index contributed by atoms with van der Waals surface area (Å²) >= 11 is 0. The van der Waals surface area contributed by atoms with E-state index in [2.05, 4.69) is 34.1 Å². The molecule has 2 aromatic rings. The molecular formula is C21H33N6O2+. The van der Waals surface area contributed by atoms with Crippen molar-refractivity contribution in [1.82, 2.24) is 25.1 Å². The van der Waals surface area contributed by atoms with Crippen molar-refractivity contribution in [2.75, 3.05) is 26.2 Å². The van der Waals surface area contributed by atoms with Crippen molar-refractivity contribution in [2.24, 2.45) is 5.92 Å². The summed E-state index contributed by atoms with van der Waals surface area (Å²) in [6.07, 6.45) is 8.80. The van der Waals surface area contributed by atoms with Gasteiger partial charge in [0.1, 0.15) is 6.04 Å². The third-order valence-electron chi connectivity index (χ3n) is 6.38. The predicted octanol–water partition coefficient (Wildman–Crippen LogP) is 1.90. The summed E-state index contributed by atoms with van der Waals surface area (Å²) in [5.74, 6) is 2.01. The molecule has 1 atom stereocenters. The van der Waals surface area contributed by atoms with E-state index in [1.54, 1.807) is 18.4 Å². The number of nitrogens with one attached hydrogen (secondary N) is 1. The Hall–Kier alpha value is -2.22. The van der Waals surface area contributed by atoms with E-state index < -0.39 is 0 Å². The maximum absolute atomic E-state index is 12.6. The molecule has 8 nitrogen and oxygen atoms in total. The van der Waals surface area contributed by atoms with Crippen LogP contribution < -0.4 is 4.90 Å². The van der Waals surface area contributed by atoms with Crippen LogP contribution in [0.1, 0.15) is 80.8 Å². The van der Waals surface area contributed by atoms with Crippen LogP contribution in [-0.4, -0.2) is 57.2 Å². The Bertz CT molecular complexity index is 773. The van der Waals surface area contributed by atoms with Crippen LogP contribution in [0.3, 0.4) is 0 Å². The van der Waals surface area contributed by atoms with Gasteiger partial charge in [-0.25, -0.2) is 4.68 Å². The standard InChI is InChI=1S/C21H32N6O2/c1-16(2)15-18(20-22-23-24-27(20)17-7-4-3-5-8-17)25-10-12-26(13-11-25)21(28)19-9-6-14-29-19/h6,9,14,16-18H,3-5,7-8,10-13,15H2,1-2H3/p+1/t18-/m1/s1. The molecule has 0 unspecified atom stereocenters. The summed E-state index contributed by atoms with van der Waals surface area (Å²) in [5, 5.41) is 13.0. The number of tetrazole rings is 1. The number of rotatable bonds is 6. The average Bonchev–Trinajstić information content (AvgIpc) is 3.44. The third-order valence-corrected chi connectivity index (χ3v) is 6.38. The molecule has 29 heavy (non-hydrogen) atoms. The minimum absolute atomic E-state index is 0.0125. The lowest BCUT2D eigenvalue weighted by molar-refractivity contribution is -0.937. The van der Waals surface area contributed by atoms with Gasteiger partial charge >= 0.3 is 0 Å². The Morgan fingerprint density at radius 2 is 2.00 bits per heavy atom. The highest BCUT2D eigenvalue weighted by molar-refractivity contribution is 5.91. The van der Waals surface area contributed by atoms with Crippen LogP contribution in [0.5, 0.6) is 0 Å². The Labute approximate surface area is 172 Å². The summed E-state index contributed by atoms with van der Waals surface area (Å²) in [5.41, 5.74) is 0. The molecule has 158 valence electrons. The molecule has 2 fully saturated rings. The van der Waals surface area contributed by atoms with Crippen LogP contribution in [-0.2, 0) is 0 Å². The Morgan fingerprint density at radius 1 is 1.24 bits per heavy atom. The summed E-state index contributed by atoms with van der Waals surface area (Å²) < 4.78 is 7.41. The number of furan rings is 1. The summed E-state index contributed by atoms with van der Waals surface area (Å²) in [4.78, 5) is 16.0. The maximum atomic E-state index is 12.6. The fraction of sp³-hybridized carbons (Fsp3) is 0.714. The van der Waals surface area contributed by atoms with Crippen molar-refractivity contribution in [3.63, 3.8) is 0 Å². The Balaban J connectivity index is 1.47. The zero-order chi connectivity index (χ0) is 20.2. The SMILES string of the molecule is CC(C)C[C@H](c1nnnn1C1CCCCC1)[NH+]1CCN(C(=O)c2ccco2)CC1. The van der Waals surface area contributed by atoms with Crippen molar-refractivity contribution in [3.8, 4) is 0 Å². The van der Waals surface area contributed by atoms with Crippen molar-refractivity contribution in [1.29, 1.82) is 0 Å². The molecule has 4 rings (SSSR count). The first-order valence-corrected chi connectivity index (χ1v) is 11.1. The number of carbonyl (C=O) groups excluding carboxylic acids is 1.